The second kappa shape index (κ2) is 5.97. The molecule has 1 aromatic carbocycles. The number of carbonyl (C=O) groups is 1. The number of hydrogen-bond donors (Lipinski definition) is 1. The van der Waals surface area contributed by atoms with Crippen molar-refractivity contribution in [2.45, 2.75) is 6.54 Å². The fourth-order valence-corrected chi connectivity index (χ4v) is 3.03. The fraction of sp³-hybridized carbons (Fsp3) is 0.188. The first-order valence-electron chi connectivity index (χ1n) is 7.33. The number of amides is 1. The van der Waals surface area contributed by atoms with E-state index in [1.165, 1.54) is 0 Å². The predicted octanol–water partition coefficient (Wildman–Crippen LogP) is 2.77. The van der Waals surface area contributed by atoms with Crippen LogP contribution < -0.4 is 15.0 Å². The van der Waals surface area contributed by atoms with Crippen LogP contribution in [-0.4, -0.2) is 29.7 Å². The van der Waals surface area contributed by atoms with Gasteiger partial charge < -0.3 is 19.5 Å². The standard InChI is InChI=1S/C16H14N4O3S/c1-20-12-6-11(2-3-13(12)22-8-15(20)21)17-7-14-18-16(19-23-14)10-4-5-24-9-10/h2-6,9,17H,7-8H2,1H3. The van der Waals surface area contributed by atoms with E-state index in [0.717, 1.165) is 16.9 Å². The normalized spacial score (nSPS) is 13.5. The van der Waals surface area contributed by atoms with Gasteiger partial charge in [-0.15, -0.1) is 0 Å². The number of nitrogens with zero attached hydrogens (tertiary/aromatic N) is 3. The summed E-state index contributed by atoms with van der Waals surface area (Å²) >= 11 is 1.59. The molecule has 122 valence electrons. The Labute approximate surface area is 141 Å². The number of carbonyl (C=O) groups excluding carboxylic acids is 1. The van der Waals surface area contributed by atoms with Gasteiger partial charge in [-0.2, -0.15) is 16.3 Å². The van der Waals surface area contributed by atoms with Crippen molar-refractivity contribution in [3.05, 3.63) is 40.9 Å². The van der Waals surface area contributed by atoms with Crippen molar-refractivity contribution in [3.8, 4) is 17.1 Å². The van der Waals surface area contributed by atoms with Crippen LogP contribution in [0.4, 0.5) is 11.4 Å². The SMILES string of the molecule is CN1C(=O)COc2ccc(NCc3nc(-c4ccsc4)no3)cc21. The molecule has 0 bridgehead atoms. The van der Waals surface area contributed by atoms with Crippen LogP contribution in [0.5, 0.6) is 5.75 Å². The van der Waals surface area contributed by atoms with Crippen LogP contribution in [-0.2, 0) is 11.3 Å². The Kier molecular flexibility index (Phi) is 3.66. The van der Waals surface area contributed by atoms with Crippen LogP contribution in [0, 0.1) is 0 Å². The van der Waals surface area contributed by atoms with Crippen LogP contribution in [0.3, 0.4) is 0 Å². The summed E-state index contributed by atoms with van der Waals surface area (Å²) in [4.78, 5) is 17.7. The number of thiophene rings is 1. The molecule has 4 rings (SSSR count). The third-order valence-electron chi connectivity index (χ3n) is 3.74. The van der Waals surface area contributed by atoms with E-state index in [2.05, 4.69) is 15.5 Å². The van der Waals surface area contributed by atoms with Crippen molar-refractivity contribution in [2.24, 2.45) is 0 Å². The number of benzene rings is 1. The molecule has 0 radical (unpaired) electrons. The first kappa shape index (κ1) is 14.7. The number of likely N-dealkylation sites (N-methyl/N-ethyl adjacent to an activating group) is 1. The molecular weight excluding hydrogens is 328 g/mol. The Balaban J connectivity index is 1.48. The third-order valence-corrected chi connectivity index (χ3v) is 4.42. The lowest BCUT2D eigenvalue weighted by molar-refractivity contribution is -0.120. The number of ether oxygens (including phenoxy) is 1. The van der Waals surface area contributed by atoms with Gasteiger partial charge in [0.15, 0.2) is 6.61 Å². The molecule has 1 N–H and O–H groups in total. The number of anilines is 2. The smallest absolute Gasteiger partial charge is 0.264 e. The highest BCUT2D eigenvalue weighted by atomic mass is 32.1. The van der Waals surface area contributed by atoms with Gasteiger partial charge in [0.1, 0.15) is 5.75 Å². The van der Waals surface area contributed by atoms with Crippen LogP contribution in [0.15, 0.2) is 39.5 Å². The molecule has 0 saturated heterocycles. The van der Waals surface area contributed by atoms with Crippen LogP contribution >= 0.6 is 11.3 Å². The third kappa shape index (κ3) is 2.71. The number of nitrogens with one attached hydrogen (secondary N) is 1. The molecule has 7 nitrogen and oxygen atoms in total. The molecule has 0 saturated carbocycles. The Morgan fingerprint density at radius 2 is 2.29 bits per heavy atom. The summed E-state index contributed by atoms with van der Waals surface area (Å²) in [6.07, 6.45) is 0. The molecule has 1 aliphatic rings. The summed E-state index contributed by atoms with van der Waals surface area (Å²) in [6, 6.07) is 7.54. The highest BCUT2D eigenvalue weighted by Crippen LogP contribution is 2.33. The summed E-state index contributed by atoms with van der Waals surface area (Å²) in [6.45, 7) is 0.470. The lowest BCUT2D eigenvalue weighted by Gasteiger charge is -2.26. The Morgan fingerprint density at radius 1 is 1.38 bits per heavy atom. The Morgan fingerprint density at radius 3 is 3.12 bits per heavy atom. The van der Waals surface area contributed by atoms with Crippen LogP contribution in [0.25, 0.3) is 11.4 Å². The van der Waals surface area contributed by atoms with Gasteiger partial charge in [0.05, 0.1) is 12.2 Å². The maximum Gasteiger partial charge on any atom is 0.264 e. The number of rotatable bonds is 4. The average Bonchev–Trinajstić information content (AvgIpc) is 3.27. The van der Waals surface area contributed by atoms with E-state index in [9.17, 15) is 4.79 Å². The lowest BCUT2D eigenvalue weighted by atomic mass is 10.2. The van der Waals surface area contributed by atoms with E-state index in [-0.39, 0.29) is 12.5 Å². The minimum absolute atomic E-state index is 0.0723. The molecular formula is C16H14N4O3S. The molecule has 1 amide bonds. The molecule has 24 heavy (non-hydrogen) atoms. The minimum atomic E-state index is -0.0723. The zero-order valence-electron chi connectivity index (χ0n) is 12.9. The predicted molar refractivity (Wildman–Crippen MR) is 90.3 cm³/mol. The second-order valence-corrected chi connectivity index (χ2v) is 6.08. The molecule has 0 atom stereocenters. The van der Waals surface area contributed by atoms with Crippen molar-refractivity contribution < 1.29 is 14.1 Å². The molecule has 0 aliphatic carbocycles. The second-order valence-electron chi connectivity index (χ2n) is 5.30. The van der Waals surface area contributed by atoms with Gasteiger partial charge in [-0.25, -0.2) is 0 Å². The molecule has 2 aromatic heterocycles. The van der Waals surface area contributed by atoms with Gasteiger partial charge in [-0.05, 0) is 29.6 Å². The zero-order chi connectivity index (χ0) is 16.5. The van der Waals surface area contributed by atoms with Gasteiger partial charge in [-0.3, -0.25) is 4.79 Å². The molecule has 3 aromatic rings. The highest BCUT2D eigenvalue weighted by molar-refractivity contribution is 7.08. The molecule has 8 heteroatoms. The van der Waals surface area contributed by atoms with Gasteiger partial charge in [0, 0.05) is 23.7 Å². The molecule has 3 heterocycles. The van der Waals surface area contributed by atoms with E-state index in [0.29, 0.717) is 24.0 Å². The van der Waals surface area contributed by atoms with Crippen molar-refractivity contribution in [1.82, 2.24) is 10.1 Å². The van der Waals surface area contributed by atoms with Crippen LogP contribution in [0.1, 0.15) is 5.89 Å². The van der Waals surface area contributed by atoms with E-state index in [1.807, 2.05) is 35.0 Å². The largest absolute Gasteiger partial charge is 0.482 e. The topological polar surface area (TPSA) is 80.5 Å². The fourth-order valence-electron chi connectivity index (χ4n) is 2.40. The monoisotopic (exact) mass is 342 g/mol. The summed E-state index contributed by atoms with van der Waals surface area (Å²) in [7, 11) is 1.73. The van der Waals surface area contributed by atoms with Gasteiger partial charge in [0.2, 0.25) is 11.7 Å². The lowest BCUT2D eigenvalue weighted by Crippen LogP contribution is -2.35. The summed E-state index contributed by atoms with van der Waals surface area (Å²) in [5.74, 6) is 1.70. The minimum Gasteiger partial charge on any atom is -0.482 e. The number of hydrogen-bond acceptors (Lipinski definition) is 7. The van der Waals surface area contributed by atoms with Gasteiger partial charge in [0.25, 0.3) is 5.91 Å². The van der Waals surface area contributed by atoms with Gasteiger partial charge in [-0.1, -0.05) is 5.16 Å². The summed E-state index contributed by atoms with van der Waals surface area (Å²) < 4.78 is 10.7. The van der Waals surface area contributed by atoms with E-state index < -0.39 is 0 Å². The summed E-state index contributed by atoms with van der Waals surface area (Å²) in [5.41, 5.74) is 2.52. The Hall–Kier alpha value is -2.87. The van der Waals surface area contributed by atoms with E-state index in [4.69, 9.17) is 9.26 Å². The van der Waals surface area contributed by atoms with Crippen molar-refractivity contribution in [3.63, 3.8) is 0 Å². The number of aromatic nitrogens is 2. The van der Waals surface area contributed by atoms with E-state index in [1.54, 1.807) is 23.3 Å². The Bertz CT molecular complexity index is 875. The maximum absolute atomic E-state index is 11.7. The van der Waals surface area contributed by atoms with Gasteiger partial charge >= 0.3 is 0 Å². The first-order chi connectivity index (χ1) is 11.7. The van der Waals surface area contributed by atoms with Crippen LogP contribution in [0.2, 0.25) is 0 Å². The quantitative estimate of drug-likeness (QED) is 0.785. The molecule has 0 fully saturated rings. The number of fused-ring (bicyclic) bond motifs is 1. The highest BCUT2D eigenvalue weighted by Gasteiger charge is 2.22. The van der Waals surface area contributed by atoms with Crippen molar-refractivity contribution in [2.75, 3.05) is 23.9 Å². The average molecular weight is 342 g/mol. The maximum atomic E-state index is 11.7. The summed E-state index contributed by atoms with van der Waals surface area (Å²) in [5, 5.41) is 11.1. The van der Waals surface area contributed by atoms with Crippen molar-refractivity contribution >= 4 is 28.6 Å². The molecule has 0 unspecified atom stereocenters. The van der Waals surface area contributed by atoms with E-state index >= 15 is 0 Å². The zero-order valence-corrected chi connectivity index (χ0v) is 13.7. The molecule has 0 spiro atoms. The molecule has 1 aliphatic heterocycles. The first-order valence-corrected chi connectivity index (χ1v) is 8.27. The van der Waals surface area contributed by atoms with Crippen molar-refractivity contribution in [1.29, 1.82) is 0 Å².